The first-order chi connectivity index (χ1) is 10.4. The van der Waals surface area contributed by atoms with Crippen LogP contribution >= 0.6 is 22.9 Å². The second-order valence-corrected chi connectivity index (χ2v) is 6.37. The number of nitrogens with one attached hydrogen (secondary N) is 1. The molecule has 0 aliphatic heterocycles. The minimum absolute atomic E-state index is 0.0194. The number of hydrogen-bond donors (Lipinski definition) is 1. The van der Waals surface area contributed by atoms with E-state index in [1.807, 2.05) is 19.9 Å². The summed E-state index contributed by atoms with van der Waals surface area (Å²) in [4.78, 5) is 20.8. The summed E-state index contributed by atoms with van der Waals surface area (Å²) < 4.78 is 0. The van der Waals surface area contributed by atoms with Gasteiger partial charge in [-0.05, 0) is 37.1 Å². The number of non-ortho nitro benzene ring substituents is 1. The highest BCUT2D eigenvalue weighted by Gasteiger charge is 2.13. The van der Waals surface area contributed by atoms with E-state index in [1.165, 1.54) is 23.5 Å². The fourth-order valence-corrected chi connectivity index (χ4v) is 3.20. The third kappa shape index (κ3) is 2.72. The van der Waals surface area contributed by atoms with Crippen LogP contribution in [0.1, 0.15) is 10.4 Å². The van der Waals surface area contributed by atoms with Gasteiger partial charge in [0.1, 0.15) is 10.6 Å². The Morgan fingerprint density at radius 2 is 2.05 bits per heavy atom. The fourth-order valence-electron chi connectivity index (χ4n) is 2.10. The number of fused-ring (bicyclic) bond motifs is 1. The first-order valence-electron chi connectivity index (χ1n) is 6.40. The van der Waals surface area contributed by atoms with Crippen molar-refractivity contribution in [1.29, 1.82) is 0 Å². The average Bonchev–Trinajstić information content (AvgIpc) is 2.81. The number of thiophene rings is 1. The van der Waals surface area contributed by atoms with Gasteiger partial charge in [0.05, 0.1) is 10.3 Å². The van der Waals surface area contributed by atoms with Crippen molar-refractivity contribution in [3.63, 3.8) is 0 Å². The topological polar surface area (TPSA) is 81.0 Å². The molecule has 0 saturated heterocycles. The highest BCUT2D eigenvalue weighted by atomic mass is 35.5. The Morgan fingerprint density at radius 3 is 2.77 bits per heavy atom. The molecule has 0 fully saturated rings. The number of nitrogens with zero attached hydrogens (tertiary/aromatic N) is 3. The first kappa shape index (κ1) is 14.7. The summed E-state index contributed by atoms with van der Waals surface area (Å²) in [5.74, 6) is 0.544. The van der Waals surface area contributed by atoms with E-state index in [0.29, 0.717) is 11.5 Å². The van der Waals surface area contributed by atoms with Crippen molar-refractivity contribution in [2.75, 3.05) is 5.32 Å². The van der Waals surface area contributed by atoms with Crippen LogP contribution in [0.5, 0.6) is 0 Å². The van der Waals surface area contributed by atoms with Gasteiger partial charge >= 0.3 is 0 Å². The number of hydrogen-bond acceptors (Lipinski definition) is 6. The highest BCUT2D eigenvalue weighted by molar-refractivity contribution is 7.18. The van der Waals surface area contributed by atoms with E-state index in [4.69, 9.17) is 11.6 Å². The van der Waals surface area contributed by atoms with E-state index in [0.717, 1.165) is 20.7 Å². The number of aromatic nitrogens is 2. The molecular weight excluding hydrogens is 324 g/mol. The largest absolute Gasteiger partial charge is 0.339 e. The van der Waals surface area contributed by atoms with Crippen LogP contribution in [0.15, 0.2) is 24.3 Å². The highest BCUT2D eigenvalue weighted by Crippen LogP contribution is 2.32. The zero-order valence-corrected chi connectivity index (χ0v) is 13.3. The summed E-state index contributed by atoms with van der Waals surface area (Å²) in [6.45, 7) is 3.84. The number of nitro groups is 1. The number of rotatable bonds is 3. The number of aryl methyl sites for hydroxylation is 2. The molecule has 2 heterocycles. The second-order valence-electron chi connectivity index (χ2n) is 4.80. The van der Waals surface area contributed by atoms with Crippen LogP contribution in [-0.2, 0) is 0 Å². The van der Waals surface area contributed by atoms with E-state index >= 15 is 0 Å². The van der Waals surface area contributed by atoms with E-state index in [1.54, 1.807) is 6.07 Å². The fraction of sp³-hybridized carbons (Fsp3) is 0.143. The van der Waals surface area contributed by atoms with Crippen LogP contribution in [0.3, 0.4) is 0 Å². The van der Waals surface area contributed by atoms with Gasteiger partial charge in [-0.15, -0.1) is 11.3 Å². The lowest BCUT2D eigenvalue weighted by atomic mass is 10.2. The maximum Gasteiger partial charge on any atom is 0.271 e. The van der Waals surface area contributed by atoms with Crippen LogP contribution < -0.4 is 5.32 Å². The van der Waals surface area contributed by atoms with Gasteiger partial charge in [-0.1, -0.05) is 6.07 Å². The maximum atomic E-state index is 10.9. The van der Waals surface area contributed by atoms with Gasteiger partial charge in [0.2, 0.25) is 5.28 Å². The Balaban J connectivity index is 2.10. The van der Waals surface area contributed by atoms with Gasteiger partial charge in [-0.25, -0.2) is 4.98 Å². The molecule has 1 N–H and O–H groups in total. The molecule has 2 aromatic heterocycles. The predicted octanol–water partition coefficient (Wildman–Crippen LogP) is 4.61. The summed E-state index contributed by atoms with van der Waals surface area (Å²) in [5.41, 5.74) is 1.51. The van der Waals surface area contributed by atoms with Crippen LogP contribution in [0.4, 0.5) is 17.2 Å². The summed E-state index contributed by atoms with van der Waals surface area (Å²) in [7, 11) is 0. The molecule has 1 aromatic carbocycles. The van der Waals surface area contributed by atoms with Crippen molar-refractivity contribution in [2.24, 2.45) is 0 Å². The molecule has 0 aliphatic carbocycles. The Hall–Kier alpha value is -2.25. The predicted molar refractivity (Wildman–Crippen MR) is 88.3 cm³/mol. The van der Waals surface area contributed by atoms with Crippen molar-refractivity contribution < 1.29 is 4.92 Å². The van der Waals surface area contributed by atoms with E-state index < -0.39 is 4.92 Å². The molecule has 3 rings (SSSR count). The second kappa shape index (κ2) is 5.51. The molecule has 0 radical (unpaired) electrons. The molecule has 0 saturated carbocycles. The van der Waals surface area contributed by atoms with Crippen molar-refractivity contribution in [3.8, 4) is 0 Å². The van der Waals surface area contributed by atoms with Gasteiger partial charge in [-0.3, -0.25) is 10.1 Å². The zero-order chi connectivity index (χ0) is 15.9. The summed E-state index contributed by atoms with van der Waals surface area (Å²) in [5, 5.41) is 15.0. The zero-order valence-electron chi connectivity index (χ0n) is 11.8. The smallest absolute Gasteiger partial charge is 0.271 e. The third-order valence-corrected chi connectivity index (χ3v) is 4.29. The Morgan fingerprint density at radius 1 is 1.27 bits per heavy atom. The van der Waals surface area contributed by atoms with Crippen LogP contribution in [0.2, 0.25) is 5.28 Å². The number of anilines is 2. The van der Waals surface area contributed by atoms with E-state index in [2.05, 4.69) is 15.3 Å². The van der Waals surface area contributed by atoms with Gasteiger partial charge in [0.25, 0.3) is 5.69 Å². The maximum absolute atomic E-state index is 10.9. The standard InChI is InChI=1S/C14H11ClN4O2S/c1-7-3-4-9(19(20)21)6-11(7)16-12-10-5-8(2)22-13(10)18-14(15)17-12/h3-6H,1-2H3,(H,16,17,18). The van der Waals surface area contributed by atoms with E-state index in [-0.39, 0.29) is 11.0 Å². The van der Waals surface area contributed by atoms with Crippen LogP contribution in [0, 0.1) is 24.0 Å². The molecule has 112 valence electrons. The molecule has 0 unspecified atom stereocenters. The lowest BCUT2D eigenvalue weighted by molar-refractivity contribution is -0.384. The lowest BCUT2D eigenvalue weighted by Crippen LogP contribution is -1.99. The molecule has 22 heavy (non-hydrogen) atoms. The normalized spacial score (nSPS) is 10.9. The third-order valence-electron chi connectivity index (χ3n) is 3.17. The van der Waals surface area contributed by atoms with Crippen molar-refractivity contribution >= 4 is 50.3 Å². The summed E-state index contributed by atoms with van der Waals surface area (Å²) >= 11 is 7.48. The van der Waals surface area contributed by atoms with Gasteiger partial charge in [-0.2, -0.15) is 4.98 Å². The Kier molecular flexibility index (Phi) is 3.67. The quantitative estimate of drug-likeness (QED) is 0.429. The minimum atomic E-state index is -0.429. The molecule has 0 amide bonds. The number of halogens is 1. The molecular formula is C14H11ClN4O2S. The molecule has 0 spiro atoms. The molecule has 0 atom stereocenters. The molecule has 0 bridgehead atoms. The number of benzene rings is 1. The Bertz CT molecular complexity index is 894. The van der Waals surface area contributed by atoms with Crippen LogP contribution in [-0.4, -0.2) is 14.9 Å². The monoisotopic (exact) mass is 334 g/mol. The van der Waals surface area contributed by atoms with Crippen LogP contribution in [0.25, 0.3) is 10.2 Å². The average molecular weight is 335 g/mol. The molecule has 6 nitrogen and oxygen atoms in total. The van der Waals surface area contributed by atoms with Gasteiger partial charge in [0, 0.05) is 22.7 Å². The van der Waals surface area contributed by atoms with Gasteiger partial charge < -0.3 is 5.32 Å². The molecule has 3 aromatic rings. The SMILES string of the molecule is Cc1cc2c(Nc3cc([N+](=O)[O-])ccc3C)nc(Cl)nc2s1. The van der Waals surface area contributed by atoms with Gasteiger partial charge in [0.15, 0.2) is 0 Å². The van der Waals surface area contributed by atoms with Crippen molar-refractivity contribution in [3.05, 3.63) is 50.1 Å². The van der Waals surface area contributed by atoms with Crippen molar-refractivity contribution in [1.82, 2.24) is 9.97 Å². The first-order valence-corrected chi connectivity index (χ1v) is 7.59. The molecule has 8 heteroatoms. The summed E-state index contributed by atoms with van der Waals surface area (Å²) in [6, 6.07) is 6.61. The van der Waals surface area contributed by atoms with Crippen molar-refractivity contribution in [2.45, 2.75) is 13.8 Å². The summed E-state index contributed by atoms with van der Waals surface area (Å²) in [6.07, 6.45) is 0. The minimum Gasteiger partial charge on any atom is -0.339 e. The van der Waals surface area contributed by atoms with E-state index in [9.17, 15) is 10.1 Å². The number of nitro benzene ring substituents is 1. The lowest BCUT2D eigenvalue weighted by Gasteiger charge is -2.09. The Labute approximate surface area is 134 Å². The molecule has 0 aliphatic rings.